The zero-order valence-corrected chi connectivity index (χ0v) is 17.5. The largest absolute Gasteiger partial charge is 0.451 e. The molecule has 1 N–H and O–H groups in total. The molecule has 0 saturated heterocycles. The Morgan fingerprint density at radius 1 is 1.31 bits per heavy atom. The van der Waals surface area contributed by atoms with E-state index in [-0.39, 0.29) is 12.1 Å². The molecule has 0 radical (unpaired) electrons. The van der Waals surface area contributed by atoms with E-state index < -0.39 is 18.5 Å². The molecule has 152 valence electrons. The van der Waals surface area contributed by atoms with E-state index in [4.69, 9.17) is 16.3 Å². The van der Waals surface area contributed by atoms with Gasteiger partial charge in [-0.25, -0.2) is 4.79 Å². The van der Waals surface area contributed by atoms with Crippen molar-refractivity contribution in [1.29, 1.82) is 5.26 Å². The number of amides is 1. The molecular formula is C22H24ClN3O3. The van der Waals surface area contributed by atoms with Crippen LogP contribution in [0.25, 0.3) is 6.08 Å². The average Bonchev–Trinajstić information content (AvgIpc) is 2.96. The van der Waals surface area contributed by atoms with Crippen molar-refractivity contribution in [3.8, 4) is 6.07 Å². The highest BCUT2D eigenvalue weighted by atomic mass is 35.5. The molecule has 1 aromatic carbocycles. The van der Waals surface area contributed by atoms with Crippen molar-refractivity contribution in [2.24, 2.45) is 0 Å². The van der Waals surface area contributed by atoms with E-state index >= 15 is 0 Å². The van der Waals surface area contributed by atoms with Crippen LogP contribution < -0.4 is 5.32 Å². The number of hydrogen-bond acceptors (Lipinski definition) is 4. The highest BCUT2D eigenvalue weighted by molar-refractivity contribution is 6.30. The van der Waals surface area contributed by atoms with Crippen LogP contribution in [-0.4, -0.2) is 23.1 Å². The number of benzene rings is 1. The Balaban J connectivity index is 1.96. The van der Waals surface area contributed by atoms with E-state index in [2.05, 4.69) is 16.8 Å². The van der Waals surface area contributed by atoms with Crippen molar-refractivity contribution in [2.75, 3.05) is 6.61 Å². The molecule has 7 heteroatoms. The first kappa shape index (κ1) is 22.3. The minimum Gasteiger partial charge on any atom is -0.451 e. The first-order valence-corrected chi connectivity index (χ1v) is 9.70. The topological polar surface area (TPSA) is 84.1 Å². The van der Waals surface area contributed by atoms with Crippen LogP contribution in [0.4, 0.5) is 0 Å². The van der Waals surface area contributed by atoms with Crippen LogP contribution in [0, 0.1) is 25.2 Å². The number of nitrogens with zero attached hydrogens (tertiary/aromatic N) is 2. The second kappa shape index (κ2) is 10.5. The monoisotopic (exact) mass is 413 g/mol. The Labute approximate surface area is 175 Å². The minimum absolute atomic E-state index is 0.149. The standard InChI is InChI=1S/C22H24ClN3O3/c1-4-8-26-15(2)9-18(16(26)3)11-19(12-24)22(28)29-14-21(27)25-13-17-6-5-7-20(23)10-17/h5-7,9-11H,4,8,13-14H2,1-3H3,(H,25,27)/b19-11+. The van der Waals surface area contributed by atoms with Gasteiger partial charge in [0.15, 0.2) is 6.61 Å². The summed E-state index contributed by atoms with van der Waals surface area (Å²) >= 11 is 5.90. The third-order valence-corrected chi connectivity index (χ3v) is 4.65. The SMILES string of the molecule is CCCn1c(C)cc(/C=C(\C#N)C(=O)OCC(=O)NCc2cccc(Cl)c2)c1C. The maximum absolute atomic E-state index is 12.2. The van der Waals surface area contributed by atoms with Crippen molar-refractivity contribution >= 4 is 29.6 Å². The third-order valence-electron chi connectivity index (χ3n) is 4.41. The molecular weight excluding hydrogens is 390 g/mol. The highest BCUT2D eigenvalue weighted by Gasteiger charge is 2.15. The minimum atomic E-state index is -0.828. The summed E-state index contributed by atoms with van der Waals surface area (Å²) in [6.45, 7) is 6.68. The number of halogens is 1. The second-order valence-corrected chi connectivity index (χ2v) is 7.07. The fraction of sp³-hybridized carbons (Fsp3) is 0.318. The summed E-state index contributed by atoms with van der Waals surface area (Å²) in [7, 11) is 0. The van der Waals surface area contributed by atoms with Crippen LogP contribution in [0.2, 0.25) is 5.02 Å². The van der Waals surface area contributed by atoms with E-state index in [0.717, 1.165) is 35.5 Å². The van der Waals surface area contributed by atoms with Gasteiger partial charge in [-0.05, 0) is 55.7 Å². The molecule has 0 aliphatic heterocycles. The zero-order chi connectivity index (χ0) is 21.4. The first-order chi connectivity index (χ1) is 13.8. The van der Waals surface area contributed by atoms with Gasteiger partial charge in [-0.15, -0.1) is 0 Å². The number of rotatable bonds is 8. The molecule has 0 aliphatic rings. The number of aryl methyl sites for hydroxylation is 1. The Kier molecular flexibility index (Phi) is 8.05. The summed E-state index contributed by atoms with van der Waals surface area (Å²) in [6, 6.07) is 10.9. The molecule has 0 unspecified atom stereocenters. The van der Waals surface area contributed by atoms with E-state index in [9.17, 15) is 14.9 Å². The number of carbonyl (C=O) groups excluding carboxylic acids is 2. The number of nitrogens with one attached hydrogen (secondary N) is 1. The number of hydrogen-bond donors (Lipinski definition) is 1. The Hall–Kier alpha value is -3.04. The number of carbonyl (C=O) groups is 2. The lowest BCUT2D eigenvalue weighted by Crippen LogP contribution is -2.28. The average molecular weight is 414 g/mol. The van der Waals surface area contributed by atoms with E-state index in [1.54, 1.807) is 18.2 Å². The van der Waals surface area contributed by atoms with Gasteiger partial charge in [0.2, 0.25) is 0 Å². The summed E-state index contributed by atoms with van der Waals surface area (Å²) in [4.78, 5) is 24.1. The van der Waals surface area contributed by atoms with Crippen LogP contribution in [-0.2, 0) is 27.4 Å². The highest BCUT2D eigenvalue weighted by Crippen LogP contribution is 2.19. The van der Waals surface area contributed by atoms with Crippen molar-refractivity contribution < 1.29 is 14.3 Å². The predicted octanol–water partition coefficient (Wildman–Crippen LogP) is 3.93. The first-order valence-electron chi connectivity index (χ1n) is 9.32. The fourth-order valence-electron chi connectivity index (χ4n) is 2.94. The number of nitriles is 1. The molecule has 0 fully saturated rings. The maximum atomic E-state index is 12.2. The summed E-state index contributed by atoms with van der Waals surface area (Å²) in [5.41, 5.74) is 3.50. The Morgan fingerprint density at radius 2 is 2.07 bits per heavy atom. The lowest BCUT2D eigenvalue weighted by atomic mass is 10.1. The molecule has 29 heavy (non-hydrogen) atoms. The van der Waals surface area contributed by atoms with Crippen molar-refractivity contribution in [2.45, 2.75) is 40.3 Å². The van der Waals surface area contributed by atoms with Gasteiger partial charge in [-0.1, -0.05) is 30.7 Å². The van der Waals surface area contributed by atoms with E-state index in [0.29, 0.717) is 5.02 Å². The van der Waals surface area contributed by atoms with Gasteiger partial charge in [0.05, 0.1) is 0 Å². The molecule has 2 rings (SSSR count). The molecule has 0 saturated carbocycles. The summed E-state index contributed by atoms with van der Waals surface area (Å²) in [5.74, 6) is -1.29. The molecule has 2 aromatic rings. The van der Waals surface area contributed by atoms with Crippen LogP contribution in [0.1, 0.15) is 35.9 Å². The molecule has 1 aromatic heterocycles. The summed E-state index contributed by atoms with van der Waals surface area (Å²) in [6.07, 6.45) is 2.48. The fourth-order valence-corrected chi connectivity index (χ4v) is 3.15. The lowest BCUT2D eigenvalue weighted by Gasteiger charge is -2.07. The van der Waals surface area contributed by atoms with Gasteiger partial charge >= 0.3 is 5.97 Å². The molecule has 0 spiro atoms. The van der Waals surface area contributed by atoms with E-state index in [1.807, 2.05) is 32.0 Å². The zero-order valence-electron chi connectivity index (χ0n) is 16.8. The quantitative estimate of drug-likeness (QED) is 0.403. The second-order valence-electron chi connectivity index (χ2n) is 6.63. The van der Waals surface area contributed by atoms with Gasteiger partial charge in [-0.2, -0.15) is 5.26 Å². The van der Waals surface area contributed by atoms with Gasteiger partial charge in [0.25, 0.3) is 5.91 Å². The van der Waals surface area contributed by atoms with Crippen molar-refractivity contribution in [3.63, 3.8) is 0 Å². The van der Waals surface area contributed by atoms with Crippen LogP contribution >= 0.6 is 11.6 Å². The molecule has 1 heterocycles. The van der Waals surface area contributed by atoms with Crippen LogP contribution in [0.15, 0.2) is 35.9 Å². The van der Waals surface area contributed by atoms with Gasteiger partial charge in [0, 0.05) is 29.5 Å². The van der Waals surface area contributed by atoms with Gasteiger partial charge in [0.1, 0.15) is 11.6 Å². The van der Waals surface area contributed by atoms with Crippen molar-refractivity contribution in [1.82, 2.24) is 9.88 Å². The van der Waals surface area contributed by atoms with Gasteiger partial charge in [-0.3, -0.25) is 4.79 Å². The molecule has 6 nitrogen and oxygen atoms in total. The number of esters is 1. The summed E-state index contributed by atoms with van der Waals surface area (Å²) in [5, 5.41) is 12.5. The third kappa shape index (κ3) is 6.23. The Morgan fingerprint density at radius 3 is 2.72 bits per heavy atom. The Bertz CT molecular complexity index is 970. The maximum Gasteiger partial charge on any atom is 0.349 e. The van der Waals surface area contributed by atoms with E-state index in [1.165, 1.54) is 6.08 Å². The molecule has 0 bridgehead atoms. The number of aromatic nitrogens is 1. The lowest BCUT2D eigenvalue weighted by molar-refractivity contribution is -0.144. The predicted molar refractivity (Wildman–Crippen MR) is 112 cm³/mol. The van der Waals surface area contributed by atoms with Crippen molar-refractivity contribution in [3.05, 3.63) is 63.4 Å². The summed E-state index contributed by atoms with van der Waals surface area (Å²) < 4.78 is 7.13. The number of ether oxygens (including phenoxy) is 1. The molecule has 0 aliphatic carbocycles. The molecule has 1 amide bonds. The smallest absolute Gasteiger partial charge is 0.349 e. The van der Waals surface area contributed by atoms with Gasteiger partial charge < -0.3 is 14.6 Å². The normalized spacial score (nSPS) is 11.1. The van der Waals surface area contributed by atoms with Crippen LogP contribution in [0.3, 0.4) is 0 Å². The molecule has 0 atom stereocenters. The van der Waals surface area contributed by atoms with Crippen LogP contribution in [0.5, 0.6) is 0 Å².